The van der Waals surface area contributed by atoms with E-state index in [-0.39, 0.29) is 44.4 Å². The van der Waals surface area contributed by atoms with Gasteiger partial charge in [-0.15, -0.1) is 0 Å². The van der Waals surface area contributed by atoms with E-state index >= 15 is 0 Å². The third-order valence-corrected chi connectivity index (χ3v) is 6.23. The van der Waals surface area contributed by atoms with Crippen LogP contribution in [0, 0.1) is 0 Å². The number of pyridine rings is 1. The Morgan fingerprint density at radius 1 is 1.06 bits per heavy atom. The molecule has 1 saturated heterocycles. The zero-order valence-corrected chi connectivity index (χ0v) is 19.1. The number of carbonyl (C=O) groups is 2. The van der Waals surface area contributed by atoms with Crippen LogP contribution < -0.4 is 0 Å². The van der Waals surface area contributed by atoms with Gasteiger partial charge in [-0.3, -0.25) is 9.59 Å². The lowest BCUT2D eigenvalue weighted by molar-refractivity contribution is -0.143. The molecule has 3 heterocycles. The molecule has 1 unspecified atom stereocenters. The summed E-state index contributed by atoms with van der Waals surface area (Å²) in [6.45, 7) is 1.86. The second kappa shape index (κ2) is 9.47. The molecule has 2 aromatic heterocycles. The van der Waals surface area contributed by atoms with Crippen LogP contribution in [0.5, 0.6) is 0 Å². The molecule has 12 heteroatoms. The summed E-state index contributed by atoms with van der Waals surface area (Å²) in [4.78, 5) is 35.7. The van der Waals surface area contributed by atoms with Crippen LogP contribution in [0.2, 0.25) is 0 Å². The minimum atomic E-state index is -5.07. The van der Waals surface area contributed by atoms with E-state index < -0.39 is 41.0 Å². The summed E-state index contributed by atoms with van der Waals surface area (Å²) in [5, 5.41) is 0.766. The molecule has 4 rings (SSSR count). The topological polar surface area (TPSA) is 69.3 Å². The number of aromatic amines is 1. The molecule has 0 bridgehead atoms. The standard InChI is InChI=1S/C24H22F6N4O2/c1-2-20(35)33-6-7-34(18(13-33)10-15-12-32-21-19(15)4-3-5-31-21)22(36)14-8-16(23(25,26)27)11-17(9-14)24(28,29)30/h3-5,8-9,11-12,18H,2,6-7,10,13H2,1H3,(H,31,32). The molecule has 1 aliphatic rings. The van der Waals surface area contributed by atoms with E-state index in [0.717, 1.165) is 10.9 Å². The molecule has 0 aliphatic carbocycles. The van der Waals surface area contributed by atoms with E-state index in [1.54, 1.807) is 36.4 Å². The lowest BCUT2D eigenvalue weighted by Gasteiger charge is -2.41. The molecule has 36 heavy (non-hydrogen) atoms. The molecule has 1 N–H and O–H groups in total. The summed E-state index contributed by atoms with van der Waals surface area (Å²) in [5.74, 6) is -1.12. The molecule has 2 amide bonds. The molecule has 0 spiro atoms. The van der Waals surface area contributed by atoms with Crippen molar-refractivity contribution in [1.82, 2.24) is 19.8 Å². The second-order valence-electron chi connectivity index (χ2n) is 8.56. The van der Waals surface area contributed by atoms with Crippen molar-refractivity contribution >= 4 is 22.8 Å². The Labute approximate surface area is 201 Å². The number of amides is 2. The number of fused-ring (bicyclic) bond motifs is 1. The van der Waals surface area contributed by atoms with E-state index in [9.17, 15) is 35.9 Å². The summed E-state index contributed by atoms with van der Waals surface area (Å²) in [7, 11) is 0. The molecule has 0 radical (unpaired) electrons. The van der Waals surface area contributed by atoms with Crippen molar-refractivity contribution in [2.45, 2.75) is 38.2 Å². The molecule has 1 fully saturated rings. The molecule has 3 aromatic rings. The molecule has 0 saturated carbocycles. The molecule has 1 aliphatic heterocycles. The number of benzene rings is 1. The first kappa shape index (κ1) is 25.5. The monoisotopic (exact) mass is 512 g/mol. The smallest absolute Gasteiger partial charge is 0.346 e. The first-order valence-electron chi connectivity index (χ1n) is 11.2. The number of nitrogens with one attached hydrogen (secondary N) is 1. The summed E-state index contributed by atoms with van der Waals surface area (Å²) < 4.78 is 80.1. The van der Waals surface area contributed by atoms with Gasteiger partial charge in [-0.1, -0.05) is 6.92 Å². The quantitative estimate of drug-likeness (QED) is 0.506. The van der Waals surface area contributed by atoms with Gasteiger partial charge in [0.25, 0.3) is 5.91 Å². The Bertz CT molecular complexity index is 1250. The van der Waals surface area contributed by atoms with Crippen molar-refractivity contribution in [1.29, 1.82) is 0 Å². The van der Waals surface area contributed by atoms with Gasteiger partial charge in [-0.25, -0.2) is 4.98 Å². The third-order valence-electron chi connectivity index (χ3n) is 6.23. The average Bonchev–Trinajstić information content (AvgIpc) is 3.24. The fraction of sp³-hybridized carbons (Fsp3) is 0.375. The van der Waals surface area contributed by atoms with Crippen molar-refractivity contribution in [3.8, 4) is 0 Å². The number of nitrogens with zero attached hydrogens (tertiary/aromatic N) is 3. The number of hydrogen-bond donors (Lipinski definition) is 1. The Hall–Kier alpha value is -3.57. The van der Waals surface area contributed by atoms with E-state index in [4.69, 9.17) is 0 Å². The van der Waals surface area contributed by atoms with Crippen LogP contribution in [0.25, 0.3) is 11.0 Å². The van der Waals surface area contributed by atoms with Crippen molar-refractivity contribution < 1.29 is 35.9 Å². The molecule has 1 atom stereocenters. The highest BCUT2D eigenvalue weighted by Gasteiger charge is 2.39. The van der Waals surface area contributed by atoms with Crippen LogP contribution in [0.4, 0.5) is 26.3 Å². The zero-order chi connectivity index (χ0) is 26.3. The van der Waals surface area contributed by atoms with E-state index in [2.05, 4.69) is 9.97 Å². The normalized spacial score (nSPS) is 17.0. The maximum atomic E-state index is 13.4. The van der Waals surface area contributed by atoms with Crippen LogP contribution in [-0.2, 0) is 23.6 Å². The van der Waals surface area contributed by atoms with Gasteiger partial charge in [0, 0.05) is 49.4 Å². The largest absolute Gasteiger partial charge is 0.416 e. The van der Waals surface area contributed by atoms with Crippen LogP contribution in [-0.4, -0.2) is 57.3 Å². The second-order valence-corrected chi connectivity index (χ2v) is 8.56. The molecular formula is C24H22F6N4O2. The predicted molar refractivity (Wildman–Crippen MR) is 118 cm³/mol. The summed E-state index contributed by atoms with van der Waals surface area (Å²) in [5.41, 5.74) is -2.47. The van der Waals surface area contributed by atoms with Gasteiger partial charge in [-0.05, 0) is 42.3 Å². The third kappa shape index (κ3) is 5.17. The van der Waals surface area contributed by atoms with Crippen molar-refractivity contribution in [2.75, 3.05) is 19.6 Å². The maximum Gasteiger partial charge on any atom is 0.416 e. The van der Waals surface area contributed by atoms with Crippen LogP contribution in [0.1, 0.15) is 40.4 Å². The van der Waals surface area contributed by atoms with Gasteiger partial charge >= 0.3 is 12.4 Å². The van der Waals surface area contributed by atoms with Crippen molar-refractivity contribution in [2.24, 2.45) is 0 Å². The summed E-state index contributed by atoms with van der Waals surface area (Å²) in [6, 6.07) is 3.72. The number of carbonyl (C=O) groups excluding carboxylic acids is 2. The lowest BCUT2D eigenvalue weighted by atomic mass is 9.99. The SMILES string of the molecule is CCC(=O)N1CCN(C(=O)c2cc(C(F)(F)F)cc(C(F)(F)F)c2)C(Cc2c[nH]c3ncccc23)C1. The Balaban J connectivity index is 1.72. The fourth-order valence-electron chi connectivity index (χ4n) is 4.43. The van der Waals surface area contributed by atoms with Crippen LogP contribution in [0.3, 0.4) is 0 Å². The first-order chi connectivity index (χ1) is 16.9. The van der Waals surface area contributed by atoms with Crippen LogP contribution >= 0.6 is 0 Å². The van der Waals surface area contributed by atoms with E-state index in [0.29, 0.717) is 17.8 Å². The molecule has 6 nitrogen and oxygen atoms in total. The highest BCUT2D eigenvalue weighted by Crippen LogP contribution is 2.37. The number of alkyl halides is 6. The van der Waals surface area contributed by atoms with Gasteiger partial charge in [-0.2, -0.15) is 26.3 Å². The summed E-state index contributed by atoms with van der Waals surface area (Å²) >= 11 is 0. The lowest BCUT2D eigenvalue weighted by Crippen LogP contribution is -2.57. The zero-order valence-electron chi connectivity index (χ0n) is 19.1. The Morgan fingerprint density at radius 2 is 1.72 bits per heavy atom. The number of piperazine rings is 1. The number of halogens is 6. The van der Waals surface area contributed by atoms with Gasteiger partial charge in [0.15, 0.2) is 0 Å². The van der Waals surface area contributed by atoms with Crippen molar-refractivity contribution in [3.63, 3.8) is 0 Å². The highest BCUT2D eigenvalue weighted by atomic mass is 19.4. The summed E-state index contributed by atoms with van der Waals surface area (Å²) in [6.07, 6.45) is -6.42. The minimum Gasteiger partial charge on any atom is -0.346 e. The van der Waals surface area contributed by atoms with Gasteiger partial charge in [0.1, 0.15) is 5.65 Å². The Morgan fingerprint density at radius 3 is 2.33 bits per heavy atom. The fourth-order valence-corrected chi connectivity index (χ4v) is 4.43. The molecule has 192 valence electrons. The van der Waals surface area contributed by atoms with E-state index in [1.165, 1.54) is 4.90 Å². The predicted octanol–water partition coefficient (Wildman–Crippen LogP) is 4.91. The first-order valence-corrected chi connectivity index (χ1v) is 11.2. The number of aromatic nitrogens is 2. The number of hydrogen-bond acceptors (Lipinski definition) is 3. The maximum absolute atomic E-state index is 13.4. The number of H-pyrrole nitrogens is 1. The van der Waals surface area contributed by atoms with Gasteiger partial charge < -0.3 is 14.8 Å². The number of rotatable bonds is 4. The molecule has 1 aromatic carbocycles. The van der Waals surface area contributed by atoms with Crippen LogP contribution in [0.15, 0.2) is 42.7 Å². The van der Waals surface area contributed by atoms with Gasteiger partial charge in [0.2, 0.25) is 5.91 Å². The van der Waals surface area contributed by atoms with Gasteiger partial charge in [0.05, 0.1) is 17.2 Å². The molecular weight excluding hydrogens is 490 g/mol. The average molecular weight is 512 g/mol. The van der Waals surface area contributed by atoms with Crippen molar-refractivity contribution in [3.05, 3.63) is 65.0 Å². The Kier molecular flexibility index (Phi) is 6.72. The highest BCUT2D eigenvalue weighted by molar-refractivity contribution is 5.95. The van der Waals surface area contributed by atoms with E-state index in [1.807, 2.05) is 0 Å². The minimum absolute atomic E-state index is 0.00887.